The maximum atomic E-state index is 12.1. The Kier molecular flexibility index (Phi) is 5.06. The van der Waals surface area contributed by atoms with Crippen LogP contribution in [0.15, 0.2) is 53.1 Å². The molecule has 0 bridgehead atoms. The first kappa shape index (κ1) is 16.4. The van der Waals surface area contributed by atoms with Crippen molar-refractivity contribution in [3.05, 3.63) is 64.9 Å². The van der Waals surface area contributed by atoms with Gasteiger partial charge >= 0.3 is 0 Å². The van der Waals surface area contributed by atoms with Gasteiger partial charge in [0.05, 0.1) is 19.8 Å². The summed E-state index contributed by atoms with van der Waals surface area (Å²) in [6.45, 7) is 0.572. The molecule has 1 amide bonds. The van der Waals surface area contributed by atoms with Gasteiger partial charge in [0.2, 0.25) is 5.91 Å². The number of hydrogen-bond acceptors (Lipinski definition) is 3. The Labute approximate surface area is 145 Å². The molecule has 0 radical (unpaired) electrons. The van der Waals surface area contributed by atoms with Crippen molar-refractivity contribution < 1.29 is 13.9 Å². The standard InChI is InChI=1S/C19H18ClNO3/c1-23-16-5-6-17-14(12-24-18(17)11-16)10-19(22)21-8-7-13-3-2-4-15(20)9-13/h2-6,9,11-12H,7-8,10H2,1H3,(H,21,22). The molecular formula is C19H18ClNO3. The second kappa shape index (κ2) is 7.41. The topological polar surface area (TPSA) is 51.5 Å². The fourth-order valence-electron chi connectivity index (χ4n) is 2.60. The van der Waals surface area contributed by atoms with Crippen LogP contribution in [0.2, 0.25) is 5.02 Å². The van der Waals surface area contributed by atoms with Crippen LogP contribution in [0.4, 0.5) is 0 Å². The molecule has 0 aliphatic carbocycles. The van der Waals surface area contributed by atoms with Crippen LogP contribution in [0.1, 0.15) is 11.1 Å². The quantitative estimate of drug-likeness (QED) is 0.736. The number of nitrogens with one attached hydrogen (secondary N) is 1. The van der Waals surface area contributed by atoms with E-state index in [0.29, 0.717) is 11.6 Å². The Morgan fingerprint density at radius 2 is 2.12 bits per heavy atom. The van der Waals surface area contributed by atoms with Crippen LogP contribution < -0.4 is 10.1 Å². The van der Waals surface area contributed by atoms with Crippen molar-refractivity contribution in [2.45, 2.75) is 12.8 Å². The highest BCUT2D eigenvalue weighted by atomic mass is 35.5. The molecule has 124 valence electrons. The first-order valence-electron chi connectivity index (χ1n) is 7.71. The number of fused-ring (bicyclic) bond motifs is 1. The predicted octanol–water partition coefficient (Wildman–Crippen LogP) is 4.00. The number of benzene rings is 2. The number of rotatable bonds is 6. The number of ether oxygens (including phenoxy) is 1. The van der Waals surface area contributed by atoms with Crippen molar-refractivity contribution >= 4 is 28.5 Å². The minimum Gasteiger partial charge on any atom is -0.497 e. The highest BCUT2D eigenvalue weighted by Gasteiger charge is 2.11. The van der Waals surface area contributed by atoms with Crippen LogP contribution in [0.3, 0.4) is 0 Å². The van der Waals surface area contributed by atoms with E-state index in [9.17, 15) is 4.79 Å². The van der Waals surface area contributed by atoms with Gasteiger partial charge in [0, 0.05) is 28.6 Å². The molecule has 2 aromatic carbocycles. The molecule has 0 atom stereocenters. The van der Waals surface area contributed by atoms with Gasteiger partial charge in [0.15, 0.2) is 0 Å². The van der Waals surface area contributed by atoms with E-state index in [4.69, 9.17) is 20.8 Å². The van der Waals surface area contributed by atoms with Crippen LogP contribution >= 0.6 is 11.6 Å². The first-order valence-corrected chi connectivity index (χ1v) is 8.09. The third-order valence-corrected chi connectivity index (χ3v) is 4.07. The lowest BCUT2D eigenvalue weighted by molar-refractivity contribution is -0.120. The summed E-state index contributed by atoms with van der Waals surface area (Å²) in [6, 6.07) is 13.2. The molecule has 24 heavy (non-hydrogen) atoms. The largest absolute Gasteiger partial charge is 0.497 e. The lowest BCUT2D eigenvalue weighted by Crippen LogP contribution is -2.27. The van der Waals surface area contributed by atoms with Crippen molar-refractivity contribution in [2.24, 2.45) is 0 Å². The number of hydrogen-bond donors (Lipinski definition) is 1. The molecule has 3 aromatic rings. The Morgan fingerprint density at radius 1 is 1.25 bits per heavy atom. The molecule has 0 aliphatic rings. The van der Waals surface area contributed by atoms with E-state index in [2.05, 4.69) is 5.32 Å². The van der Waals surface area contributed by atoms with E-state index in [-0.39, 0.29) is 12.3 Å². The second-order valence-corrected chi connectivity index (χ2v) is 5.97. The maximum Gasteiger partial charge on any atom is 0.224 e. The van der Waals surface area contributed by atoms with Crippen molar-refractivity contribution in [1.29, 1.82) is 0 Å². The third-order valence-electron chi connectivity index (χ3n) is 3.84. The number of carbonyl (C=O) groups excluding carboxylic acids is 1. The normalized spacial score (nSPS) is 10.8. The number of furan rings is 1. The van der Waals surface area contributed by atoms with Crippen LogP contribution in [-0.4, -0.2) is 19.6 Å². The Balaban J connectivity index is 1.57. The highest BCUT2D eigenvalue weighted by Crippen LogP contribution is 2.25. The molecule has 1 N–H and O–H groups in total. The smallest absolute Gasteiger partial charge is 0.224 e. The molecule has 3 rings (SSSR count). The van der Waals surface area contributed by atoms with Gasteiger partial charge in [0.1, 0.15) is 11.3 Å². The van der Waals surface area contributed by atoms with Gasteiger partial charge in [-0.25, -0.2) is 0 Å². The molecule has 0 saturated carbocycles. The first-order chi connectivity index (χ1) is 11.7. The van der Waals surface area contributed by atoms with Crippen LogP contribution in [-0.2, 0) is 17.6 Å². The van der Waals surface area contributed by atoms with E-state index < -0.39 is 0 Å². The molecule has 1 heterocycles. The minimum atomic E-state index is -0.0319. The summed E-state index contributed by atoms with van der Waals surface area (Å²) in [5, 5.41) is 4.57. The van der Waals surface area contributed by atoms with Gasteiger partial charge in [-0.1, -0.05) is 23.7 Å². The molecule has 5 heteroatoms. The summed E-state index contributed by atoms with van der Waals surface area (Å²) in [5.74, 6) is 0.699. The zero-order valence-corrected chi connectivity index (χ0v) is 14.1. The average molecular weight is 344 g/mol. The fraction of sp³-hybridized carbons (Fsp3) is 0.211. The van der Waals surface area contributed by atoms with Crippen molar-refractivity contribution in [2.75, 3.05) is 13.7 Å². The van der Waals surface area contributed by atoms with Crippen molar-refractivity contribution in [3.63, 3.8) is 0 Å². The monoisotopic (exact) mass is 343 g/mol. The summed E-state index contributed by atoms with van der Waals surface area (Å²) in [4.78, 5) is 12.1. The lowest BCUT2D eigenvalue weighted by atomic mass is 10.1. The number of amides is 1. The minimum absolute atomic E-state index is 0.0319. The van der Waals surface area contributed by atoms with Gasteiger partial charge in [0.25, 0.3) is 0 Å². The summed E-state index contributed by atoms with van der Waals surface area (Å²) in [5.41, 5.74) is 2.69. The Bertz CT molecular complexity index is 857. The highest BCUT2D eigenvalue weighted by molar-refractivity contribution is 6.30. The summed E-state index contributed by atoms with van der Waals surface area (Å²) in [6.07, 6.45) is 2.66. The Morgan fingerprint density at radius 3 is 2.92 bits per heavy atom. The number of carbonyl (C=O) groups is 1. The SMILES string of the molecule is COc1ccc2c(CC(=O)NCCc3cccc(Cl)c3)coc2c1. The van der Waals surface area contributed by atoms with E-state index in [0.717, 1.165) is 34.3 Å². The predicted molar refractivity (Wildman–Crippen MR) is 94.6 cm³/mol. The molecule has 4 nitrogen and oxygen atoms in total. The molecule has 0 spiro atoms. The molecule has 0 saturated heterocycles. The molecular weight excluding hydrogens is 326 g/mol. The molecule has 0 unspecified atom stereocenters. The van der Waals surface area contributed by atoms with Crippen molar-refractivity contribution in [3.8, 4) is 5.75 Å². The average Bonchev–Trinajstić information content (AvgIpc) is 2.97. The van der Waals surface area contributed by atoms with Crippen molar-refractivity contribution in [1.82, 2.24) is 5.32 Å². The molecule has 0 aliphatic heterocycles. The van der Waals surface area contributed by atoms with E-state index in [1.165, 1.54) is 0 Å². The second-order valence-electron chi connectivity index (χ2n) is 5.53. The third kappa shape index (κ3) is 3.89. The van der Waals surface area contributed by atoms with Gasteiger partial charge < -0.3 is 14.5 Å². The molecule has 1 aromatic heterocycles. The zero-order valence-electron chi connectivity index (χ0n) is 13.3. The number of halogens is 1. The molecule has 0 fully saturated rings. The van der Waals surface area contributed by atoms with E-state index in [1.807, 2.05) is 42.5 Å². The zero-order chi connectivity index (χ0) is 16.9. The number of methoxy groups -OCH3 is 1. The summed E-state index contributed by atoms with van der Waals surface area (Å²) < 4.78 is 10.7. The summed E-state index contributed by atoms with van der Waals surface area (Å²) in [7, 11) is 1.61. The van der Waals surface area contributed by atoms with Crippen LogP contribution in [0.25, 0.3) is 11.0 Å². The van der Waals surface area contributed by atoms with Gasteiger partial charge in [-0.05, 0) is 36.2 Å². The van der Waals surface area contributed by atoms with E-state index in [1.54, 1.807) is 13.4 Å². The maximum absolute atomic E-state index is 12.1. The van der Waals surface area contributed by atoms with Gasteiger partial charge in [-0.3, -0.25) is 4.79 Å². The van der Waals surface area contributed by atoms with Gasteiger partial charge in [-0.2, -0.15) is 0 Å². The van der Waals surface area contributed by atoms with Gasteiger partial charge in [-0.15, -0.1) is 0 Å². The summed E-state index contributed by atoms with van der Waals surface area (Å²) >= 11 is 5.95. The Hall–Kier alpha value is -2.46. The van der Waals surface area contributed by atoms with Crippen LogP contribution in [0, 0.1) is 0 Å². The van der Waals surface area contributed by atoms with Crippen LogP contribution in [0.5, 0.6) is 5.75 Å². The van der Waals surface area contributed by atoms with E-state index >= 15 is 0 Å². The fourth-order valence-corrected chi connectivity index (χ4v) is 2.81. The lowest BCUT2D eigenvalue weighted by Gasteiger charge is -2.05.